The van der Waals surface area contributed by atoms with E-state index in [9.17, 15) is 19.2 Å². The average molecular weight is 403 g/mol. The Bertz CT molecular complexity index is 815. The molecule has 0 bridgehead atoms. The van der Waals surface area contributed by atoms with E-state index in [4.69, 9.17) is 4.74 Å². The highest BCUT2D eigenvalue weighted by atomic mass is 16.5. The molecule has 8 heteroatoms. The van der Waals surface area contributed by atoms with Gasteiger partial charge in [0.25, 0.3) is 11.8 Å². The molecular formula is C21H29N3O5. The molecule has 1 heterocycles. The molecule has 8 nitrogen and oxygen atoms in total. The molecule has 0 aromatic heterocycles. The van der Waals surface area contributed by atoms with Crippen LogP contribution in [0.4, 0.5) is 10.5 Å². The van der Waals surface area contributed by atoms with E-state index in [1.807, 2.05) is 39.0 Å². The molecule has 4 amide bonds. The average Bonchev–Trinajstić information content (AvgIpc) is 2.92. The quantitative estimate of drug-likeness (QED) is 0.513. The molecule has 0 atom stereocenters. The van der Waals surface area contributed by atoms with Gasteiger partial charge in [-0.1, -0.05) is 45.9 Å². The van der Waals surface area contributed by atoms with E-state index in [1.165, 1.54) is 0 Å². The second-order valence-corrected chi connectivity index (χ2v) is 7.51. The number of anilines is 1. The second-order valence-electron chi connectivity index (χ2n) is 7.51. The highest BCUT2D eigenvalue weighted by molar-refractivity contribution is 6.08. The largest absolute Gasteiger partial charge is 0.454 e. The first-order valence-corrected chi connectivity index (χ1v) is 9.84. The van der Waals surface area contributed by atoms with Gasteiger partial charge in [0, 0.05) is 5.69 Å². The first-order chi connectivity index (χ1) is 13.6. The minimum absolute atomic E-state index is 0.213. The zero-order valence-corrected chi connectivity index (χ0v) is 17.6. The first-order valence-electron chi connectivity index (χ1n) is 9.84. The summed E-state index contributed by atoms with van der Waals surface area (Å²) in [6.45, 7) is 8.50. The molecule has 0 unspecified atom stereocenters. The molecular weight excluding hydrogens is 374 g/mol. The molecule has 29 heavy (non-hydrogen) atoms. The van der Waals surface area contributed by atoms with Gasteiger partial charge >= 0.3 is 12.0 Å². The van der Waals surface area contributed by atoms with Crippen molar-refractivity contribution in [2.45, 2.75) is 58.9 Å². The fraction of sp³-hybridized carbons (Fsp3) is 0.524. The van der Waals surface area contributed by atoms with Crippen LogP contribution in [0, 0.1) is 6.92 Å². The van der Waals surface area contributed by atoms with Gasteiger partial charge in [-0.05, 0) is 36.8 Å². The number of esters is 1. The molecule has 1 aromatic carbocycles. The van der Waals surface area contributed by atoms with Crippen LogP contribution in [0.2, 0.25) is 0 Å². The smallest absolute Gasteiger partial charge is 0.326 e. The van der Waals surface area contributed by atoms with Gasteiger partial charge in [0.15, 0.2) is 6.61 Å². The van der Waals surface area contributed by atoms with Crippen molar-refractivity contribution in [3.63, 3.8) is 0 Å². The molecule has 158 valence electrons. The first kappa shape index (κ1) is 22.4. The Kier molecular flexibility index (Phi) is 7.00. The van der Waals surface area contributed by atoms with Gasteiger partial charge in [0.2, 0.25) is 0 Å². The lowest BCUT2D eigenvalue weighted by Crippen LogP contribution is -2.46. The third kappa shape index (κ3) is 4.75. The number of hydrogen-bond acceptors (Lipinski definition) is 5. The highest BCUT2D eigenvalue weighted by Gasteiger charge is 2.49. The molecule has 0 spiro atoms. The van der Waals surface area contributed by atoms with Gasteiger partial charge in [0.05, 0.1) is 0 Å². The Morgan fingerprint density at radius 3 is 2.41 bits per heavy atom. The maximum Gasteiger partial charge on any atom is 0.326 e. The Labute approximate surface area is 171 Å². The number of carbonyl (C=O) groups is 4. The molecule has 2 rings (SSSR count). The van der Waals surface area contributed by atoms with E-state index < -0.39 is 42.5 Å². The summed E-state index contributed by atoms with van der Waals surface area (Å²) in [5, 5.41) is 5.42. The van der Waals surface area contributed by atoms with E-state index in [0.29, 0.717) is 18.5 Å². The fourth-order valence-corrected chi connectivity index (χ4v) is 3.39. The van der Waals surface area contributed by atoms with Crippen LogP contribution < -0.4 is 10.6 Å². The molecule has 1 fully saturated rings. The highest BCUT2D eigenvalue weighted by Crippen LogP contribution is 2.27. The van der Waals surface area contributed by atoms with Crippen molar-refractivity contribution in [2.75, 3.05) is 18.5 Å². The summed E-state index contributed by atoms with van der Waals surface area (Å²) in [5.74, 6) is -1.54. The number of amides is 4. The van der Waals surface area contributed by atoms with Crippen LogP contribution in [0.5, 0.6) is 0 Å². The van der Waals surface area contributed by atoms with Gasteiger partial charge in [-0.25, -0.2) is 4.79 Å². The predicted molar refractivity (Wildman–Crippen MR) is 108 cm³/mol. The predicted octanol–water partition coefficient (Wildman–Crippen LogP) is 2.71. The van der Waals surface area contributed by atoms with Gasteiger partial charge in [-0.15, -0.1) is 0 Å². The van der Waals surface area contributed by atoms with E-state index in [1.54, 1.807) is 13.8 Å². The fourth-order valence-electron chi connectivity index (χ4n) is 3.39. The van der Waals surface area contributed by atoms with Gasteiger partial charge < -0.3 is 15.4 Å². The summed E-state index contributed by atoms with van der Waals surface area (Å²) in [5.41, 5.74) is 1.62. The molecule has 0 radical (unpaired) electrons. The Balaban J connectivity index is 1.94. The van der Waals surface area contributed by atoms with Crippen molar-refractivity contribution in [2.24, 2.45) is 0 Å². The summed E-state index contributed by atoms with van der Waals surface area (Å²) in [4.78, 5) is 49.8. The van der Waals surface area contributed by atoms with Crippen LogP contribution in [0.3, 0.4) is 0 Å². The van der Waals surface area contributed by atoms with Crippen LogP contribution in [-0.4, -0.2) is 47.4 Å². The number of ether oxygens (including phenoxy) is 1. The Morgan fingerprint density at radius 2 is 1.86 bits per heavy atom. The van der Waals surface area contributed by atoms with Crippen molar-refractivity contribution in [3.05, 3.63) is 29.3 Å². The van der Waals surface area contributed by atoms with Crippen LogP contribution >= 0.6 is 0 Å². The lowest BCUT2D eigenvalue weighted by atomic mass is 9.93. The standard InChI is InChI=1S/C21H29N3O5/c1-6-21(7-2)19(27)24(20(28)23-21)11-17(26)29-12-16(25)22-18-14(5)9-8-10-15(18)13(3)4/h8-10,13H,6-7,11-12H2,1-5H3,(H,22,25)(H,23,28). The van der Waals surface area contributed by atoms with E-state index in [-0.39, 0.29) is 5.92 Å². The lowest BCUT2D eigenvalue weighted by Gasteiger charge is -2.22. The van der Waals surface area contributed by atoms with Crippen molar-refractivity contribution < 1.29 is 23.9 Å². The normalized spacial score (nSPS) is 15.4. The summed E-state index contributed by atoms with van der Waals surface area (Å²) in [6, 6.07) is 5.12. The number of para-hydroxylation sites is 1. The number of rotatable bonds is 8. The molecule has 2 N–H and O–H groups in total. The summed E-state index contributed by atoms with van der Waals surface area (Å²) >= 11 is 0. The molecule has 1 saturated heterocycles. The zero-order valence-electron chi connectivity index (χ0n) is 17.6. The number of nitrogens with zero attached hydrogens (tertiary/aromatic N) is 1. The van der Waals surface area contributed by atoms with Crippen molar-refractivity contribution in [1.82, 2.24) is 10.2 Å². The van der Waals surface area contributed by atoms with Crippen molar-refractivity contribution in [1.29, 1.82) is 0 Å². The number of urea groups is 1. The molecule has 1 aliphatic heterocycles. The number of carbonyl (C=O) groups excluding carboxylic acids is 4. The SMILES string of the molecule is CCC1(CC)NC(=O)N(CC(=O)OCC(=O)Nc2c(C)cccc2C(C)C)C1=O. The summed E-state index contributed by atoms with van der Waals surface area (Å²) < 4.78 is 4.99. The number of benzene rings is 1. The van der Waals surface area contributed by atoms with Gasteiger partial charge in [-0.3, -0.25) is 19.3 Å². The van der Waals surface area contributed by atoms with Gasteiger partial charge in [0.1, 0.15) is 12.1 Å². The third-order valence-corrected chi connectivity index (χ3v) is 5.30. The topological polar surface area (TPSA) is 105 Å². The Morgan fingerprint density at radius 1 is 1.21 bits per heavy atom. The van der Waals surface area contributed by atoms with E-state index in [0.717, 1.165) is 16.0 Å². The number of aryl methyl sites for hydroxylation is 1. The van der Waals surface area contributed by atoms with E-state index in [2.05, 4.69) is 10.6 Å². The second kappa shape index (κ2) is 9.07. The van der Waals surface area contributed by atoms with Gasteiger partial charge in [-0.2, -0.15) is 0 Å². The molecule has 0 aliphatic carbocycles. The van der Waals surface area contributed by atoms with E-state index >= 15 is 0 Å². The van der Waals surface area contributed by atoms with Crippen molar-refractivity contribution >= 4 is 29.5 Å². The number of nitrogens with one attached hydrogen (secondary N) is 2. The Hall–Kier alpha value is -2.90. The van der Waals surface area contributed by atoms with Crippen LogP contribution in [-0.2, 0) is 19.1 Å². The third-order valence-electron chi connectivity index (χ3n) is 5.30. The molecule has 0 saturated carbocycles. The number of hydrogen-bond donors (Lipinski definition) is 2. The summed E-state index contributed by atoms with van der Waals surface area (Å²) in [7, 11) is 0. The summed E-state index contributed by atoms with van der Waals surface area (Å²) in [6.07, 6.45) is 0.854. The maximum atomic E-state index is 12.5. The van der Waals surface area contributed by atoms with Crippen LogP contribution in [0.1, 0.15) is 57.6 Å². The molecule has 1 aromatic rings. The number of imide groups is 1. The monoisotopic (exact) mass is 403 g/mol. The zero-order chi connectivity index (χ0) is 21.8. The minimum atomic E-state index is -0.979. The maximum absolute atomic E-state index is 12.5. The van der Waals surface area contributed by atoms with Crippen molar-refractivity contribution in [3.8, 4) is 0 Å². The van der Waals surface area contributed by atoms with Crippen LogP contribution in [0.25, 0.3) is 0 Å². The lowest BCUT2D eigenvalue weighted by molar-refractivity contribution is -0.150. The van der Waals surface area contributed by atoms with Crippen LogP contribution in [0.15, 0.2) is 18.2 Å². The minimum Gasteiger partial charge on any atom is -0.454 e. The molecule has 1 aliphatic rings.